The van der Waals surface area contributed by atoms with Crippen molar-refractivity contribution in [3.63, 3.8) is 0 Å². The van der Waals surface area contributed by atoms with E-state index in [2.05, 4.69) is 15.4 Å². The van der Waals surface area contributed by atoms with Crippen LogP contribution in [0.4, 0.5) is 17.6 Å². The third-order valence-corrected chi connectivity index (χ3v) is 3.86. The smallest absolute Gasteiger partial charge is 0.394 e. The summed E-state index contributed by atoms with van der Waals surface area (Å²) in [7, 11) is 0. The molecule has 2 heterocycles. The Kier molecular flexibility index (Phi) is 5.24. The largest absolute Gasteiger partial charge is 0.416 e. The van der Waals surface area contributed by atoms with Gasteiger partial charge in [-0.15, -0.1) is 5.10 Å². The van der Waals surface area contributed by atoms with Gasteiger partial charge < -0.3 is 10.8 Å². The van der Waals surface area contributed by atoms with Crippen molar-refractivity contribution >= 4 is 11.0 Å². The highest BCUT2D eigenvalue weighted by molar-refractivity contribution is 5.92. The van der Waals surface area contributed by atoms with Gasteiger partial charge in [-0.1, -0.05) is 5.21 Å². The van der Waals surface area contributed by atoms with Crippen LogP contribution in [0.15, 0.2) is 36.4 Å². The zero-order chi connectivity index (χ0) is 19.6. The fraction of sp³-hybridized carbons (Fsp3) is 0.312. The number of allylic oxidation sites excluding steroid dienone is 1. The average Bonchev–Trinajstić information content (AvgIpc) is 3.21. The van der Waals surface area contributed by atoms with Gasteiger partial charge in [0.25, 0.3) is 0 Å². The molecular weight excluding hydrogens is 368 g/mol. The summed E-state index contributed by atoms with van der Waals surface area (Å²) in [5.74, 6) is -0.626. The Labute approximate surface area is 150 Å². The van der Waals surface area contributed by atoms with Crippen molar-refractivity contribution in [2.45, 2.75) is 19.3 Å². The lowest BCUT2D eigenvalue weighted by molar-refractivity contribution is -0.137. The molecule has 0 bridgehead atoms. The topological polar surface area (TPSA) is 94.8 Å². The normalized spacial score (nSPS) is 12.9. The average molecular weight is 384 g/mol. The molecule has 7 nitrogen and oxygen atoms in total. The van der Waals surface area contributed by atoms with Gasteiger partial charge in [0.05, 0.1) is 37.0 Å². The second kappa shape index (κ2) is 7.45. The van der Waals surface area contributed by atoms with Crippen LogP contribution in [0.25, 0.3) is 22.2 Å². The van der Waals surface area contributed by atoms with E-state index in [0.29, 0.717) is 5.56 Å². The number of benzene rings is 1. The number of fused-ring (bicyclic) bond motifs is 1. The standard InChI is InChI=1S/C16H16F4N6O/c17-12(1-2-21)9-26-14-6-11(16(18,19)20)5-13(15(14)23-24-26)10-7-22-25(8-10)3-4-27/h1,5-8,27H,2-4,9,21H2/b12-1-. The zero-order valence-electron chi connectivity index (χ0n) is 14.0. The lowest BCUT2D eigenvalue weighted by Crippen LogP contribution is -2.07. The fourth-order valence-electron chi connectivity index (χ4n) is 2.63. The first-order chi connectivity index (χ1) is 12.8. The molecule has 0 unspecified atom stereocenters. The van der Waals surface area contributed by atoms with E-state index >= 15 is 0 Å². The summed E-state index contributed by atoms with van der Waals surface area (Å²) >= 11 is 0. The van der Waals surface area contributed by atoms with Crippen LogP contribution in [0.5, 0.6) is 0 Å². The predicted octanol–water partition coefficient (Wildman–Crippen LogP) is 2.12. The second-order valence-electron chi connectivity index (χ2n) is 5.74. The summed E-state index contributed by atoms with van der Waals surface area (Å²) in [6.45, 7) is -0.383. The lowest BCUT2D eigenvalue weighted by Gasteiger charge is -2.10. The molecule has 0 fully saturated rings. The zero-order valence-corrected chi connectivity index (χ0v) is 14.0. The molecule has 0 saturated heterocycles. The molecule has 3 rings (SSSR count). The third-order valence-electron chi connectivity index (χ3n) is 3.86. The van der Waals surface area contributed by atoms with E-state index in [-0.39, 0.29) is 42.8 Å². The van der Waals surface area contributed by atoms with Crippen LogP contribution in [0.3, 0.4) is 0 Å². The minimum Gasteiger partial charge on any atom is -0.394 e. The van der Waals surface area contributed by atoms with E-state index in [4.69, 9.17) is 10.8 Å². The van der Waals surface area contributed by atoms with Gasteiger partial charge in [0.15, 0.2) is 0 Å². The summed E-state index contributed by atoms with van der Waals surface area (Å²) in [5.41, 5.74) is 5.10. The Balaban J connectivity index is 2.16. The summed E-state index contributed by atoms with van der Waals surface area (Å²) in [4.78, 5) is 0. The van der Waals surface area contributed by atoms with Gasteiger partial charge in [-0.05, 0) is 18.2 Å². The highest BCUT2D eigenvalue weighted by Crippen LogP contribution is 2.36. The van der Waals surface area contributed by atoms with Crippen molar-refractivity contribution in [1.29, 1.82) is 0 Å². The Bertz CT molecular complexity index is 975. The van der Waals surface area contributed by atoms with Crippen LogP contribution in [-0.2, 0) is 19.3 Å². The number of aliphatic hydroxyl groups is 1. The van der Waals surface area contributed by atoms with Gasteiger partial charge in [0.1, 0.15) is 11.3 Å². The highest BCUT2D eigenvalue weighted by atomic mass is 19.4. The van der Waals surface area contributed by atoms with Crippen molar-refractivity contribution in [3.05, 3.63) is 42.0 Å². The molecule has 11 heteroatoms. The highest BCUT2D eigenvalue weighted by Gasteiger charge is 2.32. The molecule has 144 valence electrons. The summed E-state index contributed by atoms with van der Waals surface area (Å²) < 4.78 is 56.3. The predicted molar refractivity (Wildman–Crippen MR) is 89.1 cm³/mol. The van der Waals surface area contributed by atoms with E-state index in [1.165, 1.54) is 17.1 Å². The number of aliphatic hydroxyl groups excluding tert-OH is 1. The molecule has 0 spiro atoms. The number of halogens is 4. The van der Waals surface area contributed by atoms with Gasteiger partial charge in [-0.2, -0.15) is 18.3 Å². The van der Waals surface area contributed by atoms with Crippen LogP contribution in [0.2, 0.25) is 0 Å². The molecule has 0 radical (unpaired) electrons. The molecule has 0 atom stereocenters. The first kappa shape index (κ1) is 19.0. The maximum absolute atomic E-state index is 13.8. The molecular formula is C16H16F4N6O. The molecule has 0 amide bonds. The summed E-state index contributed by atoms with van der Waals surface area (Å²) in [6, 6.07) is 1.83. The quantitative estimate of drug-likeness (QED) is 0.635. The number of hydrogen-bond acceptors (Lipinski definition) is 5. The number of hydrogen-bond donors (Lipinski definition) is 2. The number of rotatable bonds is 6. The van der Waals surface area contributed by atoms with E-state index in [9.17, 15) is 17.6 Å². The van der Waals surface area contributed by atoms with Crippen molar-refractivity contribution in [2.75, 3.05) is 13.2 Å². The first-order valence-corrected chi connectivity index (χ1v) is 7.96. The fourth-order valence-corrected chi connectivity index (χ4v) is 2.63. The van der Waals surface area contributed by atoms with Gasteiger partial charge in [-0.25, -0.2) is 9.07 Å². The molecule has 0 aliphatic carbocycles. The van der Waals surface area contributed by atoms with Crippen LogP contribution in [-0.4, -0.2) is 43.0 Å². The van der Waals surface area contributed by atoms with Crippen molar-refractivity contribution in [2.24, 2.45) is 5.73 Å². The van der Waals surface area contributed by atoms with Gasteiger partial charge >= 0.3 is 6.18 Å². The molecule has 3 N–H and O–H groups in total. The van der Waals surface area contributed by atoms with E-state index in [1.54, 1.807) is 0 Å². The van der Waals surface area contributed by atoms with Gasteiger partial charge in [-0.3, -0.25) is 4.68 Å². The van der Waals surface area contributed by atoms with Gasteiger partial charge in [0.2, 0.25) is 0 Å². The van der Waals surface area contributed by atoms with Crippen molar-refractivity contribution in [1.82, 2.24) is 24.8 Å². The van der Waals surface area contributed by atoms with Gasteiger partial charge in [0, 0.05) is 23.9 Å². The molecule has 3 aromatic rings. The van der Waals surface area contributed by atoms with Crippen LogP contribution in [0, 0.1) is 0 Å². The Morgan fingerprint density at radius 2 is 2.07 bits per heavy atom. The lowest BCUT2D eigenvalue weighted by atomic mass is 10.0. The van der Waals surface area contributed by atoms with Crippen LogP contribution >= 0.6 is 0 Å². The molecule has 0 saturated carbocycles. The first-order valence-electron chi connectivity index (χ1n) is 7.96. The molecule has 0 aliphatic rings. The Hall–Kier alpha value is -2.79. The number of alkyl halides is 3. The second-order valence-corrected chi connectivity index (χ2v) is 5.74. The SMILES string of the molecule is NC/C=C(\F)Cn1nnc2c(-c3cnn(CCO)c3)cc(C(F)(F)F)cc21. The van der Waals surface area contributed by atoms with Crippen molar-refractivity contribution in [3.8, 4) is 11.1 Å². The maximum Gasteiger partial charge on any atom is 0.416 e. The van der Waals surface area contributed by atoms with Crippen molar-refractivity contribution < 1.29 is 22.7 Å². The maximum atomic E-state index is 13.8. The van der Waals surface area contributed by atoms with E-state index in [0.717, 1.165) is 22.9 Å². The summed E-state index contributed by atoms with van der Waals surface area (Å²) in [5, 5.41) is 20.7. The third kappa shape index (κ3) is 3.98. The van der Waals surface area contributed by atoms with Crippen LogP contribution in [0.1, 0.15) is 5.56 Å². The van der Waals surface area contributed by atoms with E-state index in [1.807, 2.05) is 0 Å². The Morgan fingerprint density at radius 1 is 1.30 bits per heavy atom. The minimum absolute atomic E-state index is 0.0373. The number of nitrogens with zero attached hydrogens (tertiary/aromatic N) is 5. The molecule has 2 aromatic heterocycles. The monoisotopic (exact) mass is 384 g/mol. The number of aromatic nitrogens is 5. The van der Waals surface area contributed by atoms with E-state index < -0.39 is 17.6 Å². The summed E-state index contributed by atoms with van der Waals surface area (Å²) in [6.07, 6.45) is -0.622. The molecule has 1 aromatic carbocycles. The minimum atomic E-state index is -4.61. The van der Waals surface area contributed by atoms with Crippen LogP contribution < -0.4 is 5.73 Å². The number of nitrogens with two attached hydrogens (primary N) is 1. The Morgan fingerprint density at radius 3 is 2.74 bits per heavy atom. The molecule has 0 aliphatic heterocycles. The molecule has 27 heavy (non-hydrogen) atoms.